The van der Waals surface area contributed by atoms with Gasteiger partial charge in [-0.2, -0.15) is 0 Å². The Kier molecular flexibility index (Phi) is 5.59. The molecule has 6 heteroatoms. The van der Waals surface area contributed by atoms with Gasteiger partial charge in [0.2, 0.25) is 5.91 Å². The van der Waals surface area contributed by atoms with E-state index in [0.717, 1.165) is 5.39 Å². The van der Waals surface area contributed by atoms with Gasteiger partial charge in [0.25, 0.3) is 5.56 Å². The lowest BCUT2D eigenvalue weighted by molar-refractivity contribution is -0.116. The first-order chi connectivity index (χ1) is 13.3. The second-order valence-corrected chi connectivity index (χ2v) is 6.85. The van der Waals surface area contributed by atoms with Gasteiger partial charge in [-0.25, -0.2) is 0 Å². The maximum atomic E-state index is 12.7. The van der Waals surface area contributed by atoms with Crippen LogP contribution in [0, 0.1) is 0 Å². The number of fused-ring (bicyclic) bond motifs is 1. The first-order valence-electron chi connectivity index (χ1n) is 9.04. The molecule has 0 atom stereocenters. The van der Waals surface area contributed by atoms with E-state index in [1.807, 2.05) is 19.9 Å². The highest BCUT2D eigenvalue weighted by Crippen LogP contribution is 2.19. The number of carbonyl (C=O) groups is 2. The van der Waals surface area contributed by atoms with E-state index in [0.29, 0.717) is 22.4 Å². The fourth-order valence-corrected chi connectivity index (χ4v) is 2.91. The summed E-state index contributed by atoms with van der Waals surface area (Å²) in [6.07, 6.45) is 1.64. The maximum absolute atomic E-state index is 12.7. The second-order valence-electron chi connectivity index (χ2n) is 6.85. The molecule has 0 saturated heterocycles. The van der Waals surface area contributed by atoms with Crippen molar-refractivity contribution in [1.29, 1.82) is 0 Å². The molecule has 0 aliphatic rings. The molecule has 0 aliphatic heterocycles. The third-order valence-electron chi connectivity index (χ3n) is 4.19. The molecule has 3 rings (SSSR count). The van der Waals surface area contributed by atoms with Gasteiger partial charge in [0.15, 0.2) is 5.78 Å². The van der Waals surface area contributed by atoms with Crippen LogP contribution in [0.2, 0.25) is 0 Å². The summed E-state index contributed by atoms with van der Waals surface area (Å²) in [5, 5.41) is 4.00. The number of benzene rings is 2. The van der Waals surface area contributed by atoms with Gasteiger partial charge in [0.05, 0.1) is 6.10 Å². The minimum absolute atomic E-state index is 0.0445. The summed E-state index contributed by atoms with van der Waals surface area (Å²) in [7, 11) is 0. The highest BCUT2D eigenvalue weighted by Gasteiger charge is 2.10. The van der Waals surface area contributed by atoms with Crippen molar-refractivity contribution in [1.82, 2.24) is 4.57 Å². The number of rotatable bonds is 6. The van der Waals surface area contributed by atoms with Crippen molar-refractivity contribution in [3.8, 4) is 5.75 Å². The molecule has 1 N–H and O–H groups in total. The van der Waals surface area contributed by atoms with Gasteiger partial charge in [-0.15, -0.1) is 0 Å². The fourth-order valence-electron chi connectivity index (χ4n) is 2.91. The number of carbonyl (C=O) groups excluding carboxylic acids is 2. The summed E-state index contributed by atoms with van der Waals surface area (Å²) in [5.74, 6) is 0.271. The van der Waals surface area contributed by atoms with Crippen LogP contribution >= 0.6 is 0 Å². The van der Waals surface area contributed by atoms with E-state index in [1.54, 1.807) is 48.7 Å². The number of ether oxygens (including phenoxy) is 1. The molecule has 0 saturated carbocycles. The largest absolute Gasteiger partial charge is 0.491 e. The third-order valence-corrected chi connectivity index (χ3v) is 4.19. The third kappa shape index (κ3) is 4.46. The Morgan fingerprint density at radius 3 is 2.61 bits per heavy atom. The number of hydrogen-bond donors (Lipinski definition) is 1. The summed E-state index contributed by atoms with van der Waals surface area (Å²) >= 11 is 0. The highest BCUT2D eigenvalue weighted by molar-refractivity contribution is 5.97. The van der Waals surface area contributed by atoms with E-state index >= 15 is 0 Å². The van der Waals surface area contributed by atoms with Crippen LogP contribution in [0.15, 0.2) is 59.5 Å². The summed E-state index contributed by atoms with van der Waals surface area (Å²) in [6, 6.07) is 13.8. The lowest BCUT2D eigenvalue weighted by Crippen LogP contribution is -2.27. The molecular formula is C22H22N2O4. The normalized spacial score (nSPS) is 10.9. The predicted molar refractivity (Wildman–Crippen MR) is 109 cm³/mol. The zero-order chi connectivity index (χ0) is 20.3. The number of anilines is 1. The van der Waals surface area contributed by atoms with Gasteiger partial charge in [0.1, 0.15) is 12.3 Å². The van der Waals surface area contributed by atoms with Gasteiger partial charge < -0.3 is 14.6 Å². The number of aromatic nitrogens is 1. The average molecular weight is 378 g/mol. The van der Waals surface area contributed by atoms with Crippen LogP contribution in [-0.4, -0.2) is 22.4 Å². The Morgan fingerprint density at radius 1 is 1.11 bits per heavy atom. The van der Waals surface area contributed by atoms with Crippen molar-refractivity contribution in [3.05, 3.63) is 70.6 Å². The molecular weight excluding hydrogens is 356 g/mol. The van der Waals surface area contributed by atoms with E-state index in [-0.39, 0.29) is 29.9 Å². The smallest absolute Gasteiger partial charge is 0.258 e. The molecule has 0 aliphatic carbocycles. The van der Waals surface area contributed by atoms with Gasteiger partial charge >= 0.3 is 0 Å². The fraction of sp³-hybridized carbons (Fsp3) is 0.227. The maximum Gasteiger partial charge on any atom is 0.258 e. The van der Waals surface area contributed by atoms with E-state index in [4.69, 9.17) is 4.74 Å². The first-order valence-corrected chi connectivity index (χ1v) is 9.04. The lowest BCUT2D eigenvalue weighted by atomic mass is 10.1. The first kappa shape index (κ1) is 19.4. The predicted octanol–water partition coefficient (Wildman–Crippen LogP) is 3.63. The molecule has 1 heterocycles. The van der Waals surface area contributed by atoms with Crippen LogP contribution in [0.1, 0.15) is 31.1 Å². The molecule has 2 aromatic carbocycles. The SMILES string of the molecule is CC(=O)c1cccc(NC(=O)Cn2ccc3cc(OC(C)C)ccc3c2=O)c1. The van der Waals surface area contributed by atoms with E-state index in [9.17, 15) is 14.4 Å². The molecule has 3 aromatic rings. The summed E-state index contributed by atoms with van der Waals surface area (Å²) < 4.78 is 7.01. The Bertz CT molecular complexity index is 1100. The number of amides is 1. The number of Topliss-reactive ketones (excluding diaryl/α,β-unsaturated/α-hetero) is 1. The van der Waals surface area contributed by atoms with Crippen LogP contribution in [0.25, 0.3) is 10.8 Å². The molecule has 28 heavy (non-hydrogen) atoms. The zero-order valence-electron chi connectivity index (χ0n) is 16.1. The van der Waals surface area contributed by atoms with E-state index in [1.165, 1.54) is 11.5 Å². The number of nitrogens with zero attached hydrogens (tertiary/aromatic N) is 1. The van der Waals surface area contributed by atoms with E-state index in [2.05, 4.69) is 5.32 Å². The Balaban J connectivity index is 1.79. The van der Waals surface area contributed by atoms with Gasteiger partial charge in [-0.3, -0.25) is 14.4 Å². The van der Waals surface area contributed by atoms with Crippen molar-refractivity contribution in [3.63, 3.8) is 0 Å². The topological polar surface area (TPSA) is 77.4 Å². The molecule has 0 bridgehead atoms. The standard InChI is InChI=1S/C22H22N2O4/c1-14(2)28-19-7-8-20-17(12-19)9-10-24(22(20)27)13-21(26)23-18-6-4-5-16(11-18)15(3)25/h4-12,14H,13H2,1-3H3,(H,23,26). The van der Waals surface area contributed by atoms with Crippen LogP contribution in [0.3, 0.4) is 0 Å². The molecule has 6 nitrogen and oxygen atoms in total. The van der Waals surface area contributed by atoms with Gasteiger partial charge in [0, 0.05) is 22.8 Å². The van der Waals surface area contributed by atoms with Gasteiger partial charge in [-0.1, -0.05) is 12.1 Å². The van der Waals surface area contributed by atoms with Crippen LogP contribution in [-0.2, 0) is 11.3 Å². The number of nitrogens with one attached hydrogen (secondary N) is 1. The van der Waals surface area contributed by atoms with Crippen molar-refractivity contribution in [2.24, 2.45) is 0 Å². The minimum atomic E-state index is -0.345. The average Bonchev–Trinajstić information content (AvgIpc) is 2.63. The molecule has 0 unspecified atom stereocenters. The quantitative estimate of drug-likeness (QED) is 0.665. The van der Waals surface area contributed by atoms with Crippen molar-refractivity contribution in [2.45, 2.75) is 33.4 Å². The number of ketones is 1. The Labute approximate surface area is 162 Å². The molecule has 0 radical (unpaired) electrons. The molecule has 144 valence electrons. The van der Waals surface area contributed by atoms with E-state index < -0.39 is 0 Å². The highest BCUT2D eigenvalue weighted by atomic mass is 16.5. The summed E-state index contributed by atoms with van der Waals surface area (Å²) in [4.78, 5) is 36.5. The number of pyridine rings is 1. The Morgan fingerprint density at radius 2 is 1.89 bits per heavy atom. The van der Waals surface area contributed by atoms with Crippen LogP contribution < -0.4 is 15.6 Å². The summed E-state index contributed by atoms with van der Waals surface area (Å²) in [6.45, 7) is 5.22. The van der Waals surface area contributed by atoms with Crippen LogP contribution in [0.4, 0.5) is 5.69 Å². The second kappa shape index (κ2) is 8.08. The molecule has 1 amide bonds. The van der Waals surface area contributed by atoms with Gasteiger partial charge in [-0.05, 0) is 62.6 Å². The number of hydrogen-bond acceptors (Lipinski definition) is 4. The minimum Gasteiger partial charge on any atom is -0.491 e. The zero-order valence-corrected chi connectivity index (χ0v) is 16.1. The lowest BCUT2D eigenvalue weighted by Gasteiger charge is -2.12. The molecule has 0 fully saturated rings. The Hall–Kier alpha value is -3.41. The van der Waals surface area contributed by atoms with Crippen molar-refractivity contribution >= 4 is 28.2 Å². The monoisotopic (exact) mass is 378 g/mol. The molecule has 0 spiro atoms. The van der Waals surface area contributed by atoms with Crippen LogP contribution in [0.5, 0.6) is 5.75 Å². The molecule has 1 aromatic heterocycles. The van der Waals surface area contributed by atoms with Crippen molar-refractivity contribution in [2.75, 3.05) is 5.32 Å². The van der Waals surface area contributed by atoms with Crippen molar-refractivity contribution < 1.29 is 14.3 Å². The summed E-state index contributed by atoms with van der Waals surface area (Å²) in [5.41, 5.74) is 0.781.